The first kappa shape index (κ1) is 33.0. The average Bonchev–Trinajstić information content (AvgIpc) is 3.65. The van der Waals surface area contributed by atoms with E-state index in [0.29, 0.717) is 0 Å². The summed E-state index contributed by atoms with van der Waals surface area (Å²) >= 11 is -1.72. The van der Waals surface area contributed by atoms with E-state index in [0.717, 1.165) is 0 Å². The third kappa shape index (κ3) is 7.29. The Labute approximate surface area is 288 Å². The SMILES string of the molecule is Cc1cc2c(-c3cccc4ccccc34)cccc2[cH-]1.Cc1cc2c(-c3cccc4ccccc34)cccc2[cH-]1.[CH3][Ge]([CH3])=[Hf]([Cl])[Cl]. The Balaban J connectivity index is 0.000000138. The van der Waals surface area contributed by atoms with Crippen LogP contribution in [0.25, 0.3) is 65.3 Å². The Hall–Kier alpha value is -2.95. The second kappa shape index (κ2) is 14.9. The van der Waals surface area contributed by atoms with E-state index < -0.39 is 26.0 Å². The van der Waals surface area contributed by atoms with Gasteiger partial charge in [-0.3, -0.25) is 0 Å². The molecule has 0 aliphatic rings. The molecule has 0 heterocycles. The molecule has 228 valence electrons. The summed E-state index contributed by atoms with van der Waals surface area (Å²) in [5, 5.41) is 10.6. The van der Waals surface area contributed by atoms with E-state index in [9.17, 15) is 0 Å². The number of hydrogen-bond acceptors (Lipinski definition) is 0. The van der Waals surface area contributed by atoms with Gasteiger partial charge in [-0.15, -0.1) is 69.1 Å². The molecule has 0 amide bonds. The average molecular weight is 863 g/mol. The molecule has 0 aliphatic heterocycles. The van der Waals surface area contributed by atoms with E-state index in [2.05, 4.69) is 171 Å². The van der Waals surface area contributed by atoms with Gasteiger partial charge in [0.2, 0.25) is 0 Å². The summed E-state index contributed by atoms with van der Waals surface area (Å²) < 4.78 is 0. The third-order valence-electron chi connectivity index (χ3n) is 8.33. The Morgan fingerprint density at radius 2 is 0.783 bits per heavy atom. The van der Waals surface area contributed by atoms with Crippen LogP contribution >= 0.6 is 17.2 Å². The fourth-order valence-corrected chi connectivity index (χ4v) is 6.16. The Bertz CT molecular complexity index is 2160. The van der Waals surface area contributed by atoms with Crippen molar-refractivity contribution in [3.05, 3.63) is 157 Å². The summed E-state index contributed by atoms with van der Waals surface area (Å²) in [7, 11) is 10.6. The van der Waals surface area contributed by atoms with Crippen molar-refractivity contribution in [1.29, 1.82) is 0 Å². The van der Waals surface area contributed by atoms with Gasteiger partial charge in [0, 0.05) is 0 Å². The number of fused-ring (bicyclic) bond motifs is 4. The fraction of sp³-hybridized carbons (Fsp3) is 0.0952. The summed E-state index contributed by atoms with van der Waals surface area (Å²) in [6.07, 6.45) is 0. The van der Waals surface area contributed by atoms with Crippen LogP contribution in [0.3, 0.4) is 0 Å². The molecule has 4 heteroatoms. The Kier molecular flexibility index (Phi) is 10.7. The van der Waals surface area contributed by atoms with E-state index in [4.69, 9.17) is 17.2 Å². The molecule has 0 aromatic heterocycles. The second-order valence-corrected chi connectivity index (χ2v) is 64.0. The molecule has 0 saturated carbocycles. The van der Waals surface area contributed by atoms with Crippen LogP contribution in [0.1, 0.15) is 11.1 Å². The van der Waals surface area contributed by atoms with Gasteiger partial charge in [0.25, 0.3) is 0 Å². The quantitative estimate of drug-likeness (QED) is 0.120. The van der Waals surface area contributed by atoms with Crippen molar-refractivity contribution in [2.24, 2.45) is 0 Å². The standard InChI is InChI=1S/2C20H15.C2H6Ge.2ClH.Hf/c2*1-14-12-16-8-5-11-19(20(16)13-14)18-10-4-7-15-6-2-3-9-17(15)18;1-3-2;;;/h2*2-13H,1H3;1-2H3;2*1H;/q2*-1;;;;+2/p-2. The van der Waals surface area contributed by atoms with Crippen molar-refractivity contribution in [3.8, 4) is 22.3 Å². The summed E-state index contributed by atoms with van der Waals surface area (Å²) in [5.41, 5.74) is 7.94. The molecule has 0 bridgehead atoms. The predicted octanol–water partition coefficient (Wildman–Crippen LogP) is 13.5. The Morgan fingerprint density at radius 3 is 1.17 bits per heavy atom. The molecule has 0 aliphatic carbocycles. The molecule has 8 aromatic rings. The van der Waals surface area contributed by atoms with Crippen LogP contribution in [0.15, 0.2) is 146 Å². The number of benzene rings is 6. The summed E-state index contributed by atoms with van der Waals surface area (Å²) in [6.45, 7) is 4.32. The van der Waals surface area contributed by atoms with E-state index >= 15 is 0 Å². The van der Waals surface area contributed by atoms with Crippen molar-refractivity contribution in [2.75, 3.05) is 0 Å². The van der Waals surface area contributed by atoms with E-state index in [-0.39, 0.29) is 0 Å². The number of hydrogen-bond donors (Lipinski definition) is 0. The van der Waals surface area contributed by atoms with E-state index in [1.54, 1.807) is 0 Å². The number of aryl methyl sites for hydroxylation is 2. The molecule has 0 saturated heterocycles. The summed E-state index contributed by atoms with van der Waals surface area (Å²) in [4.78, 5) is 0. The predicted molar refractivity (Wildman–Crippen MR) is 204 cm³/mol. The van der Waals surface area contributed by atoms with Crippen LogP contribution in [0.4, 0.5) is 0 Å². The number of rotatable bonds is 2. The molecule has 46 heavy (non-hydrogen) atoms. The number of halogens is 2. The van der Waals surface area contributed by atoms with Gasteiger partial charge in [-0.2, -0.15) is 12.1 Å². The monoisotopic (exact) mass is 864 g/mol. The fourth-order valence-electron chi connectivity index (χ4n) is 6.16. The van der Waals surface area contributed by atoms with E-state index in [1.165, 1.54) is 76.5 Å². The first-order chi connectivity index (χ1) is 22.3. The van der Waals surface area contributed by atoms with Crippen molar-refractivity contribution >= 4 is 70.3 Å². The van der Waals surface area contributed by atoms with Gasteiger partial charge in [0.05, 0.1) is 0 Å². The normalized spacial score (nSPS) is 10.8. The van der Waals surface area contributed by atoms with Gasteiger partial charge >= 0.3 is 54.7 Å². The zero-order valence-corrected chi connectivity index (χ0v) is 33.8. The van der Waals surface area contributed by atoms with Crippen LogP contribution < -0.4 is 0 Å². The van der Waals surface area contributed by atoms with E-state index in [1.807, 2.05) is 0 Å². The Morgan fingerprint density at radius 1 is 0.457 bits per heavy atom. The van der Waals surface area contributed by atoms with Crippen LogP contribution in [-0.4, -0.2) is 10.1 Å². The molecule has 0 N–H and O–H groups in total. The molecule has 0 fully saturated rings. The van der Waals surface area contributed by atoms with Crippen molar-refractivity contribution in [3.63, 3.8) is 0 Å². The van der Waals surface area contributed by atoms with Crippen molar-refractivity contribution in [2.45, 2.75) is 25.4 Å². The topological polar surface area (TPSA) is 0 Å². The molecule has 8 rings (SSSR count). The van der Waals surface area contributed by atoms with Gasteiger partial charge in [-0.1, -0.05) is 122 Å². The maximum atomic E-state index is 5.67. The molecule has 0 radical (unpaired) electrons. The zero-order valence-electron chi connectivity index (χ0n) is 26.6. The van der Waals surface area contributed by atoms with Gasteiger partial charge in [0.15, 0.2) is 0 Å². The molecule has 0 spiro atoms. The van der Waals surface area contributed by atoms with Gasteiger partial charge in [0.1, 0.15) is 0 Å². The second-order valence-electron chi connectivity index (χ2n) is 12.0. The van der Waals surface area contributed by atoms with Crippen LogP contribution in [-0.2, 0) is 16.0 Å². The van der Waals surface area contributed by atoms with Crippen molar-refractivity contribution in [1.82, 2.24) is 0 Å². The summed E-state index contributed by atoms with van der Waals surface area (Å²) in [5.74, 6) is 4.48. The maximum absolute atomic E-state index is 5.67. The molecular formula is C42H36Cl2GeHf-2. The van der Waals surface area contributed by atoms with Gasteiger partial charge < -0.3 is 0 Å². The summed E-state index contributed by atoms with van der Waals surface area (Å²) in [6, 6.07) is 52.5. The molecule has 0 unspecified atom stereocenters. The minimum atomic E-state index is -1.72. The van der Waals surface area contributed by atoms with Crippen LogP contribution in [0, 0.1) is 13.8 Å². The molecule has 0 nitrogen and oxygen atoms in total. The first-order valence-corrected chi connectivity index (χ1v) is 39.1. The van der Waals surface area contributed by atoms with Crippen molar-refractivity contribution < 1.29 is 16.0 Å². The molecule has 0 atom stereocenters. The van der Waals surface area contributed by atoms with Gasteiger partial charge in [-0.05, 0) is 32.7 Å². The van der Waals surface area contributed by atoms with Gasteiger partial charge in [-0.25, -0.2) is 0 Å². The van der Waals surface area contributed by atoms with Crippen LogP contribution in [0.2, 0.25) is 11.5 Å². The molecule has 8 aromatic carbocycles. The zero-order chi connectivity index (χ0) is 32.2. The first-order valence-electron chi connectivity index (χ1n) is 15.6. The van der Waals surface area contributed by atoms with Crippen LogP contribution in [0.5, 0.6) is 0 Å². The minimum absolute atomic E-state index is 0.719. The molecular weight excluding hydrogens is 826 g/mol. The third-order valence-corrected chi connectivity index (χ3v) is 56.2.